The van der Waals surface area contributed by atoms with Gasteiger partial charge in [-0.2, -0.15) is 0 Å². The maximum absolute atomic E-state index is 12.1. The molecule has 1 aromatic rings. The molecule has 0 amide bonds. The average Bonchev–Trinajstić information content (AvgIpc) is 2.25. The summed E-state index contributed by atoms with van der Waals surface area (Å²) in [6, 6.07) is 6.21. The summed E-state index contributed by atoms with van der Waals surface area (Å²) in [5.41, 5.74) is 0.453. The van der Waals surface area contributed by atoms with E-state index in [2.05, 4.69) is 0 Å². The van der Waals surface area contributed by atoms with Gasteiger partial charge in [0.05, 0.1) is 5.56 Å². The Hall–Kier alpha value is -1.58. The third-order valence-electron chi connectivity index (χ3n) is 2.02. The van der Waals surface area contributed by atoms with Crippen molar-refractivity contribution < 1.29 is 14.3 Å². The van der Waals surface area contributed by atoms with Gasteiger partial charge < -0.3 is 5.11 Å². The minimum absolute atomic E-state index is 0.0888. The summed E-state index contributed by atoms with van der Waals surface area (Å²) < 4.78 is 12.1. The van der Waals surface area contributed by atoms with Crippen LogP contribution < -0.4 is 0 Å². The highest BCUT2D eigenvalue weighted by Crippen LogP contribution is 2.19. The van der Waals surface area contributed by atoms with Gasteiger partial charge in [-0.15, -0.1) is 0 Å². The molecular weight excluding hydrogens is 194 g/mol. The van der Waals surface area contributed by atoms with Gasteiger partial charge in [0.2, 0.25) is 0 Å². The first-order valence-corrected chi connectivity index (χ1v) is 4.59. The van der Waals surface area contributed by atoms with Gasteiger partial charge in [0.15, 0.2) is 13.1 Å². The van der Waals surface area contributed by atoms with E-state index < -0.39 is 6.67 Å². The lowest BCUT2D eigenvalue weighted by molar-refractivity contribution is 0.103. The Morgan fingerprint density at radius 3 is 2.73 bits per heavy atom. The largest absolute Gasteiger partial charge is 0.507 e. The van der Waals surface area contributed by atoms with Crippen LogP contribution >= 0.6 is 0 Å². The molecule has 0 saturated heterocycles. The lowest BCUT2D eigenvalue weighted by Gasteiger charge is -2.04. The molecule has 0 atom stereocenters. The van der Waals surface area contributed by atoms with E-state index in [1.165, 1.54) is 25.5 Å². The molecule has 0 aliphatic heterocycles. The van der Waals surface area contributed by atoms with E-state index in [-0.39, 0.29) is 22.6 Å². The molecule has 77 valence electrons. The molecule has 0 bridgehead atoms. The summed E-state index contributed by atoms with van der Waals surface area (Å²) in [5.74, 6) is -0.456. The second kappa shape index (κ2) is 5.34. The van der Waals surface area contributed by atoms with Crippen LogP contribution in [0.2, 0.25) is 6.82 Å². The predicted octanol–water partition coefficient (Wildman–Crippen LogP) is 2.18. The SMILES string of the molecule is C[B]/C(=C\CF)C(=O)c1ccccc1O. The van der Waals surface area contributed by atoms with Gasteiger partial charge in [-0.25, -0.2) is 4.39 Å². The van der Waals surface area contributed by atoms with Crippen molar-refractivity contribution in [1.82, 2.24) is 0 Å². The second-order valence-electron chi connectivity index (χ2n) is 2.95. The standard InChI is InChI=1S/C11H11BFO2/c1-12-9(6-7-13)11(15)8-4-2-3-5-10(8)14/h2-6,14H,7H2,1H3/b9-6-. The molecule has 4 heteroatoms. The number of phenols is 1. The number of Topliss-reactive ketones (excluding diaryl/α,β-unsaturated/α-hetero) is 1. The number of carbonyl (C=O) groups is 1. The summed E-state index contributed by atoms with van der Waals surface area (Å²) >= 11 is 0. The summed E-state index contributed by atoms with van der Waals surface area (Å²) in [6.07, 6.45) is 1.19. The fourth-order valence-electron chi connectivity index (χ4n) is 1.25. The third-order valence-corrected chi connectivity index (χ3v) is 2.02. The van der Waals surface area contributed by atoms with Crippen LogP contribution in [0.15, 0.2) is 35.8 Å². The van der Waals surface area contributed by atoms with Crippen LogP contribution in [0.25, 0.3) is 0 Å². The summed E-state index contributed by atoms with van der Waals surface area (Å²) in [6.45, 7) is 0.957. The average molecular weight is 205 g/mol. The summed E-state index contributed by atoms with van der Waals surface area (Å²) in [4.78, 5) is 11.8. The zero-order valence-corrected chi connectivity index (χ0v) is 8.40. The van der Waals surface area contributed by atoms with Crippen LogP contribution in [0.4, 0.5) is 4.39 Å². The van der Waals surface area contributed by atoms with E-state index in [4.69, 9.17) is 0 Å². The molecule has 1 radical (unpaired) electrons. The van der Waals surface area contributed by atoms with Gasteiger partial charge in [0.25, 0.3) is 0 Å². The van der Waals surface area contributed by atoms with E-state index in [0.29, 0.717) is 0 Å². The third kappa shape index (κ3) is 2.69. The normalized spacial score (nSPS) is 11.2. The van der Waals surface area contributed by atoms with E-state index in [1.54, 1.807) is 19.0 Å². The van der Waals surface area contributed by atoms with Gasteiger partial charge >= 0.3 is 0 Å². The number of alkyl halides is 1. The van der Waals surface area contributed by atoms with Gasteiger partial charge in [-0.05, 0) is 17.6 Å². The molecule has 0 saturated carbocycles. The van der Waals surface area contributed by atoms with Crippen molar-refractivity contribution in [2.45, 2.75) is 6.82 Å². The molecule has 0 heterocycles. The number of hydrogen-bond donors (Lipinski definition) is 1. The number of carbonyl (C=O) groups excluding carboxylic acids is 1. The molecule has 1 aromatic carbocycles. The Balaban J connectivity index is 3.04. The predicted molar refractivity (Wildman–Crippen MR) is 58.1 cm³/mol. The first-order chi connectivity index (χ1) is 7.20. The number of benzene rings is 1. The molecule has 0 spiro atoms. The lowest BCUT2D eigenvalue weighted by atomic mass is 9.69. The van der Waals surface area contributed by atoms with Crippen molar-refractivity contribution >= 4 is 13.1 Å². The number of aromatic hydroxyl groups is 1. The number of ketones is 1. The smallest absolute Gasteiger partial charge is 0.183 e. The first kappa shape index (κ1) is 11.5. The maximum Gasteiger partial charge on any atom is 0.183 e. The first-order valence-electron chi connectivity index (χ1n) is 4.59. The minimum atomic E-state index is -0.695. The maximum atomic E-state index is 12.1. The van der Waals surface area contributed by atoms with E-state index >= 15 is 0 Å². The summed E-state index contributed by atoms with van der Waals surface area (Å²) in [5, 5.41) is 9.44. The van der Waals surface area contributed by atoms with Crippen LogP contribution in [0.1, 0.15) is 10.4 Å². The molecule has 15 heavy (non-hydrogen) atoms. The van der Waals surface area contributed by atoms with Crippen LogP contribution in [-0.2, 0) is 0 Å². The van der Waals surface area contributed by atoms with Gasteiger partial charge in [-0.3, -0.25) is 4.79 Å². The highest BCUT2D eigenvalue weighted by atomic mass is 19.1. The minimum Gasteiger partial charge on any atom is -0.507 e. The molecule has 0 fully saturated rings. The Labute approximate surface area is 88.7 Å². The Morgan fingerprint density at radius 1 is 1.53 bits per heavy atom. The Bertz CT molecular complexity index is 388. The van der Waals surface area contributed by atoms with Crippen LogP contribution in [-0.4, -0.2) is 24.8 Å². The van der Waals surface area contributed by atoms with Crippen LogP contribution in [0.3, 0.4) is 0 Å². The molecule has 1 N–H and O–H groups in total. The Kier molecular flexibility index (Phi) is 4.09. The zero-order valence-electron chi connectivity index (χ0n) is 8.40. The quantitative estimate of drug-likeness (QED) is 0.464. The van der Waals surface area contributed by atoms with Crippen molar-refractivity contribution in [2.75, 3.05) is 6.67 Å². The van der Waals surface area contributed by atoms with E-state index in [0.717, 1.165) is 0 Å². The van der Waals surface area contributed by atoms with Crippen molar-refractivity contribution in [3.63, 3.8) is 0 Å². The van der Waals surface area contributed by atoms with Gasteiger partial charge in [-0.1, -0.05) is 25.0 Å². The number of hydrogen-bond acceptors (Lipinski definition) is 2. The molecular formula is C11H11BFO2. The number of para-hydroxylation sites is 1. The highest BCUT2D eigenvalue weighted by Gasteiger charge is 2.13. The van der Waals surface area contributed by atoms with E-state index in [1.807, 2.05) is 0 Å². The summed E-state index contributed by atoms with van der Waals surface area (Å²) in [7, 11) is 1.52. The number of allylic oxidation sites excluding steroid dienone is 2. The fraction of sp³-hybridized carbons (Fsp3) is 0.182. The van der Waals surface area contributed by atoms with Gasteiger partial charge in [0.1, 0.15) is 12.4 Å². The fourth-order valence-corrected chi connectivity index (χ4v) is 1.25. The van der Waals surface area contributed by atoms with Crippen LogP contribution in [0, 0.1) is 0 Å². The molecule has 0 aromatic heterocycles. The van der Waals surface area contributed by atoms with E-state index in [9.17, 15) is 14.3 Å². The molecule has 0 aliphatic rings. The zero-order chi connectivity index (χ0) is 11.3. The molecule has 0 aliphatic carbocycles. The van der Waals surface area contributed by atoms with Crippen molar-refractivity contribution in [2.24, 2.45) is 0 Å². The number of phenolic OH excluding ortho intramolecular Hbond substituents is 1. The lowest BCUT2D eigenvalue weighted by Crippen LogP contribution is -2.08. The topological polar surface area (TPSA) is 37.3 Å². The number of halogens is 1. The van der Waals surface area contributed by atoms with Crippen molar-refractivity contribution in [3.8, 4) is 5.75 Å². The monoisotopic (exact) mass is 205 g/mol. The van der Waals surface area contributed by atoms with Gasteiger partial charge in [0, 0.05) is 0 Å². The van der Waals surface area contributed by atoms with Crippen LogP contribution in [0.5, 0.6) is 5.75 Å². The second-order valence-corrected chi connectivity index (χ2v) is 2.95. The van der Waals surface area contributed by atoms with Crippen molar-refractivity contribution in [3.05, 3.63) is 41.4 Å². The van der Waals surface area contributed by atoms with Crippen molar-refractivity contribution in [1.29, 1.82) is 0 Å². The Morgan fingerprint density at radius 2 is 2.20 bits per heavy atom. The molecule has 1 rings (SSSR count). The highest BCUT2D eigenvalue weighted by molar-refractivity contribution is 6.54. The molecule has 2 nitrogen and oxygen atoms in total. The number of rotatable bonds is 4. The molecule has 0 unspecified atom stereocenters.